The van der Waals surface area contributed by atoms with Crippen LogP contribution in [0.5, 0.6) is 0 Å². The summed E-state index contributed by atoms with van der Waals surface area (Å²) < 4.78 is 0. The molecule has 18 heavy (non-hydrogen) atoms. The van der Waals surface area contributed by atoms with Gasteiger partial charge in [0.25, 0.3) is 0 Å². The lowest BCUT2D eigenvalue weighted by molar-refractivity contribution is 0.0975. The summed E-state index contributed by atoms with van der Waals surface area (Å²) in [6.45, 7) is 0. The molecule has 1 aromatic carbocycles. The fraction of sp³-hybridized carbons (Fsp3) is 0.0714. The zero-order chi connectivity index (χ0) is 12.7. The van der Waals surface area contributed by atoms with Crippen LogP contribution in [0, 0.1) is 0 Å². The molecule has 0 saturated carbocycles. The molecule has 1 aliphatic rings. The Kier molecular flexibility index (Phi) is 2.49. The average Bonchev–Trinajstić information content (AvgIpc) is 2.44. The molecule has 0 amide bonds. The van der Waals surface area contributed by atoms with E-state index >= 15 is 0 Å². The van der Waals surface area contributed by atoms with Crippen molar-refractivity contribution in [2.75, 3.05) is 0 Å². The molecular weight excluding hydrogens is 250 g/mol. The SMILES string of the molecule is O=C1c2ccccc2C(=O)c2ncc(CCl)cc21. The Labute approximate surface area is 108 Å². The van der Waals surface area contributed by atoms with Gasteiger partial charge in [-0.2, -0.15) is 0 Å². The van der Waals surface area contributed by atoms with Crippen LogP contribution in [0.4, 0.5) is 0 Å². The van der Waals surface area contributed by atoms with Crippen molar-refractivity contribution in [3.63, 3.8) is 0 Å². The Morgan fingerprint density at radius 1 is 1.00 bits per heavy atom. The van der Waals surface area contributed by atoms with Crippen molar-refractivity contribution in [1.29, 1.82) is 0 Å². The number of alkyl halides is 1. The number of rotatable bonds is 1. The van der Waals surface area contributed by atoms with Gasteiger partial charge in [-0.25, -0.2) is 0 Å². The summed E-state index contributed by atoms with van der Waals surface area (Å²) in [7, 11) is 0. The largest absolute Gasteiger partial charge is 0.288 e. The highest BCUT2D eigenvalue weighted by Gasteiger charge is 2.30. The molecule has 0 spiro atoms. The second-order valence-electron chi connectivity index (χ2n) is 4.08. The first-order chi connectivity index (χ1) is 8.72. The molecule has 0 aliphatic heterocycles. The van der Waals surface area contributed by atoms with Crippen molar-refractivity contribution in [3.8, 4) is 0 Å². The molecule has 0 saturated heterocycles. The van der Waals surface area contributed by atoms with Crippen LogP contribution in [0.25, 0.3) is 0 Å². The molecule has 0 bridgehead atoms. The number of nitrogens with zero attached hydrogens (tertiary/aromatic N) is 1. The Morgan fingerprint density at radius 2 is 1.67 bits per heavy atom. The zero-order valence-corrected chi connectivity index (χ0v) is 10.1. The van der Waals surface area contributed by atoms with Gasteiger partial charge in [0, 0.05) is 23.2 Å². The molecule has 0 radical (unpaired) electrons. The maximum absolute atomic E-state index is 12.3. The van der Waals surface area contributed by atoms with E-state index in [1.165, 1.54) is 6.20 Å². The van der Waals surface area contributed by atoms with E-state index in [9.17, 15) is 9.59 Å². The lowest BCUT2D eigenvalue weighted by atomic mass is 9.86. The van der Waals surface area contributed by atoms with Crippen LogP contribution in [0.1, 0.15) is 37.5 Å². The van der Waals surface area contributed by atoms with E-state index in [0.717, 1.165) is 5.56 Å². The molecule has 88 valence electrons. The summed E-state index contributed by atoms with van der Waals surface area (Å²) in [6, 6.07) is 8.43. The van der Waals surface area contributed by atoms with Crippen LogP contribution in [-0.2, 0) is 5.88 Å². The molecule has 0 fully saturated rings. The molecular formula is C14H8ClNO2. The number of ketones is 2. The third kappa shape index (κ3) is 1.48. The first-order valence-corrected chi connectivity index (χ1v) is 5.99. The van der Waals surface area contributed by atoms with E-state index in [2.05, 4.69) is 4.98 Å². The lowest BCUT2D eigenvalue weighted by Crippen LogP contribution is -2.22. The maximum atomic E-state index is 12.3. The van der Waals surface area contributed by atoms with Crippen molar-refractivity contribution in [2.45, 2.75) is 5.88 Å². The van der Waals surface area contributed by atoms with Gasteiger partial charge in [-0.1, -0.05) is 24.3 Å². The molecule has 1 aliphatic carbocycles. The number of halogens is 1. The fourth-order valence-electron chi connectivity index (χ4n) is 2.09. The quantitative estimate of drug-likeness (QED) is 0.630. The van der Waals surface area contributed by atoms with E-state index in [4.69, 9.17) is 11.6 Å². The second-order valence-corrected chi connectivity index (χ2v) is 4.34. The molecule has 0 unspecified atom stereocenters. The minimum Gasteiger partial charge on any atom is -0.288 e. The van der Waals surface area contributed by atoms with Gasteiger partial charge < -0.3 is 0 Å². The smallest absolute Gasteiger partial charge is 0.212 e. The van der Waals surface area contributed by atoms with E-state index < -0.39 is 0 Å². The molecule has 1 aromatic heterocycles. The van der Waals surface area contributed by atoms with Gasteiger partial charge in [0.1, 0.15) is 5.69 Å². The summed E-state index contributed by atoms with van der Waals surface area (Å²) >= 11 is 5.72. The predicted molar refractivity (Wildman–Crippen MR) is 67.1 cm³/mol. The van der Waals surface area contributed by atoms with Crippen molar-refractivity contribution in [3.05, 3.63) is 64.5 Å². The van der Waals surface area contributed by atoms with E-state index in [-0.39, 0.29) is 23.1 Å². The van der Waals surface area contributed by atoms with Crippen LogP contribution < -0.4 is 0 Å². The third-order valence-electron chi connectivity index (χ3n) is 2.97. The minimum absolute atomic E-state index is 0.167. The van der Waals surface area contributed by atoms with Crippen molar-refractivity contribution < 1.29 is 9.59 Å². The maximum Gasteiger partial charge on any atom is 0.212 e. The van der Waals surface area contributed by atoms with E-state index in [1.807, 2.05) is 0 Å². The monoisotopic (exact) mass is 257 g/mol. The van der Waals surface area contributed by atoms with Gasteiger partial charge in [-0.15, -0.1) is 11.6 Å². The number of pyridine rings is 1. The summed E-state index contributed by atoms with van der Waals surface area (Å²) in [5.74, 6) is -0.107. The lowest BCUT2D eigenvalue weighted by Gasteiger charge is -2.16. The number of carbonyl (C=O) groups is 2. The molecule has 0 atom stereocenters. The summed E-state index contributed by atoms with van der Waals surface area (Å²) in [4.78, 5) is 28.6. The predicted octanol–water partition coefficient (Wildman–Crippen LogP) is 2.60. The summed E-state index contributed by atoms with van der Waals surface area (Å²) in [6.07, 6.45) is 1.53. The Hall–Kier alpha value is -2.00. The van der Waals surface area contributed by atoms with Crippen molar-refractivity contribution >= 4 is 23.2 Å². The first-order valence-electron chi connectivity index (χ1n) is 5.45. The molecule has 4 heteroatoms. The number of fused-ring (bicyclic) bond motifs is 2. The van der Waals surface area contributed by atoms with Crippen LogP contribution >= 0.6 is 11.6 Å². The van der Waals surface area contributed by atoms with Crippen LogP contribution in [0.3, 0.4) is 0 Å². The topological polar surface area (TPSA) is 47.0 Å². The normalized spacial score (nSPS) is 13.2. The number of aromatic nitrogens is 1. The average molecular weight is 258 g/mol. The zero-order valence-electron chi connectivity index (χ0n) is 9.31. The fourth-order valence-corrected chi connectivity index (χ4v) is 2.23. The van der Waals surface area contributed by atoms with Crippen molar-refractivity contribution in [2.24, 2.45) is 0 Å². The first kappa shape index (κ1) is 11.1. The van der Waals surface area contributed by atoms with Gasteiger partial charge in [0.15, 0.2) is 5.78 Å². The Balaban J connectivity index is 2.27. The van der Waals surface area contributed by atoms with E-state index in [0.29, 0.717) is 16.7 Å². The molecule has 1 heterocycles. The highest BCUT2D eigenvalue weighted by Crippen LogP contribution is 2.26. The van der Waals surface area contributed by atoms with Crippen LogP contribution in [0.15, 0.2) is 36.5 Å². The third-order valence-corrected chi connectivity index (χ3v) is 3.28. The number of carbonyl (C=O) groups excluding carboxylic acids is 2. The van der Waals surface area contributed by atoms with Gasteiger partial charge in [-0.3, -0.25) is 14.6 Å². The highest BCUT2D eigenvalue weighted by atomic mass is 35.5. The summed E-state index contributed by atoms with van der Waals surface area (Å²) in [5, 5.41) is 0. The number of hydrogen-bond acceptors (Lipinski definition) is 3. The molecule has 0 N–H and O–H groups in total. The number of benzene rings is 1. The summed E-state index contributed by atoms with van der Waals surface area (Å²) in [5.41, 5.74) is 2.14. The van der Waals surface area contributed by atoms with Gasteiger partial charge in [0.05, 0.1) is 5.56 Å². The van der Waals surface area contributed by atoms with Gasteiger partial charge >= 0.3 is 0 Å². The molecule has 3 nitrogen and oxygen atoms in total. The molecule has 2 aromatic rings. The minimum atomic E-state index is -0.207. The second kappa shape index (κ2) is 4.03. The highest BCUT2D eigenvalue weighted by molar-refractivity contribution is 6.27. The Morgan fingerprint density at radius 3 is 2.33 bits per heavy atom. The number of hydrogen-bond donors (Lipinski definition) is 0. The van der Waals surface area contributed by atoms with Crippen molar-refractivity contribution in [1.82, 2.24) is 4.98 Å². The van der Waals surface area contributed by atoms with Crippen LogP contribution in [0.2, 0.25) is 0 Å². The van der Waals surface area contributed by atoms with Gasteiger partial charge in [-0.05, 0) is 11.6 Å². The van der Waals surface area contributed by atoms with E-state index in [1.54, 1.807) is 30.3 Å². The molecule has 3 rings (SSSR count). The van der Waals surface area contributed by atoms with Crippen LogP contribution in [-0.4, -0.2) is 16.6 Å². The standard InChI is InChI=1S/C14H8ClNO2/c15-6-8-5-11-12(16-7-8)14(18)10-4-2-1-3-9(10)13(11)17/h1-5,7H,6H2. The Bertz CT molecular complexity index is 679. The van der Waals surface area contributed by atoms with Gasteiger partial charge in [0.2, 0.25) is 5.78 Å².